The van der Waals surface area contributed by atoms with E-state index in [2.05, 4.69) is 12.2 Å². The largest absolute Gasteiger partial charge is 0.378 e. The van der Waals surface area contributed by atoms with Crippen LogP contribution < -0.4 is 5.32 Å². The van der Waals surface area contributed by atoms with E-state index in [1.54, 1.807) is 0 Å². The van der Waals surface area contributed by atoms with Gasteiger partial charge in [0, 0.05) is 12.1 Å². The number of hydrogen-bond acceptors (Lipinski definition) is 2. The van der Waals surface area contributed by atoms with Crippen LogP contribution in [0.25, 0.3) is 0 Å². The van der Waals surface area contributed by atoms with E-state index < -0.39 is 0 Å². The van der Waals surface area contributed by atoms with E-state index in [1.807, 2.05) is 0 Å². The first-order valence-electron chi connectivity index (χ1n) is 5.68. The summed E-state index contributed by atoms with van der Waals surface area (Å²) in [6.45, 7) is 4.03. The molecule has 1 saturated heterocycles. The van der Waals surface area contributed by atoms with Gasteiger partial charge in [-0.25, -0.2) is 0 Å². The van der Waals surface area contributed by atoms with Crippen LogP contribution in [0.15, 0.2) is 0 Å². The van der Waals surface area contributed by atoms with Crippen molar-refractivity contribution in [2.45, 2.75) is 51.1 Å². The molecule has 1 heterocycles. The highest BCUT2D eigenvalue weighted by Gasteiger charge is 2.23. The van der Waals surface area contributed by atoms with Crippen LogP contribution in [0.1, 0.15) is 39.0 Å². The first kappa shape index (κ1) is 9.47. The Kier molecular flexibility index (Phi) is 3.23. The second-order valence-corrected chi connectivity index (χ2v) is 4.69. The zero-order chi connectivity index (χ0) is 9.10. The Morgan fingerprint density at radius 3 is 2.69 bits per heavy atom. The molecule has 0 bridgehead atoms. The third-order valence-corrected chi connectivity index (χ3v) is 3.30. The average Bonchev–Trinajstić information content (AvgIpc) is 2.57. The van der Waals surface area contributed by atoms with Crippen molar-refractivity contribution in [1.82, 2.24) is 5.32 Å². The van der Waals surface area contributed by atoms with Crippen LogP contribution >= 0.6 is 0 Å². The molecule has 0 aromatic heterocycles. The molecule has 2 heteroatoms. The number of hydrogen-bond donors (Lipinski definition) is 1. The minimum Gasteiger partial charge on any atom is -0.378 e. The van der Waals surface area contributed by atoms with Crippen molar-refractivity contribution in [3.8, 4) is 0 Å². The lowest BCUT2D eigenvalue weighted by atomic mass is 9.98. The maximum Gasteiger partial charge on any atom is 0.0620 e. The van der Waals surface area contributed by atoms with Gasteiger partial charge in [-0.2, -0.15) is 0 Å². The fourth-order valence-corrected chi connectivity index (χ4v) is 2.67. The van der Waals surface area contributed by atoms with Crippen molar-refractivity contribution in [1.29, 1.82) is 0 Å². The lowest BCUT2D eigenvalue weighted by Crippen LogP contribution is -2.47. The molecule has 0 aromatic rings. The van der Waals surface area contributed by atoms with Crippen molar-refractivity contribution in [2.24, 2.45) is 5.92 Å². The molecule has 2 nitrogen and oxygen atoms in total. The van der Waals surface area contributed by atoms with Crippen molar-refractivity contribution in [3.05, 3.63) is 0 Å². The van der Waals surface area contributed by atoms with E-state index in [9.17, 15) is 0 Å². The molecule has 2 aliphatic rings. The number of nitrogens with one attached hydrogen (secondary N) is 1. The second-order valence-electron chi connectivity index (χ2n) is 4.69. The van der Waals surface area contributed by atoms with Gasteiger partial charge in [0.2, 0.25) is 0 Å². The summed E-state index contributed by atoms with van der Waals surface area (Å²) in [5.41, 5.74) is 0. The van der Waals surface area contributed by atoms with E-state index in [1.165, 1.54) is 32.1 Å². The van der Waals surface area contributed by atoms with Crippen LogP contribution in [0.2, 0.25) is 0 Å². The molecular weight excluding hydrogens is 162 g/mol. The molecule has 2 rings (SSSR count). The van der Waals surface area contributed by atoms with Gasteiger partial charge in [-0.05, 0) is 19.3 Å². The van der Waals surface area contributed by atoms with Crippen molar-refractivity contribution in [3.63, 3.8) is 0 Å². The van der Waals surface area contributed by atoms with Gasteiger partial charge in [0.1, 0.15) is 0 Å². The summed E-state index contributed by atoms with van der Waals surface area (Å²) in [5, 5.41) is 3.62. The van der Waals surface area contributed by atoms with Crippen LogP contribution in [0.4, 0.5) is 0 Å². The van der Waals surface area contributed by atoms with Gasteiger partial charge in [0.05, 0.1) is 13.2 Å². The summed E-state index contributed by atoms with van der Waals surface area (Å²) in [5.74, 6) is 0.978. The van der Waals surface area contributed by atoms with E-state index in [-0.39, 0.29) is 0 Å². The minimum atomic E-state index is 0.556. The predicted octanol–water partition coefficient (Wildman–Crippen LogP) is 1.94. The molecule has 0 amide bonds. The molecule has 2 atom stereocenters. The van der Waals surface area contributed by atoms with Crippen LogP contribution in [0.5, 0.6) is 0 Å². The summed E-state index contributed by atoms with van der Waals surface area (Å²) in [4.78, 5) is 0. The molecule has 0 aromatic carbocycles. The summed E-state index contributed by atoms with van der Waals surface area (Å²) >= 11 is 0. The number of rotatable bonds is 2. The topological polar surface area (TPSA) is 21.3 Å². The maximum atomic E-state index is 5.54. The summed E-state index contributed by atoms with van der Waals surface area (Å²) < 4.78 is 5.54. The van der Waals surface area contributed by atoms with E-state index >= 15 is 0 Å². The van der Waals surface area contributed by atoms with E-state index in [4.69, 9.17) is 4.74 Å². The molecule has 13 heavy (non-hydrogen) atoms. The van der Waals surface area contributed by atoms with Gasteiger partial charge < -0.3 is 10.1 Å². The van der Waals surface area contributed by atoms with Gasteiger partial charge in [-0.15, -0.1) is 0 Å². The normalized spacial score (nSPS) is 36.7. The lowest BCUT2D eigenvalue weighted by Gasteiger charge is -2.30. The molecular formula is C11H21NO. The molecule has 2 fully saturated rings. The Morgan fingerprint density at radius 2 is 2.00 bits per heavy atom. The van der Waals surface area contributed by atoms with E-state index in [0.29, 0.717) is 12.1 Å². The van der Waals surface area contributed by atoms with Gasteiger partial charge in [-0.1, -0.05) is 25.7 Å². The highest BCUT2D eigenvalue weighted by Crippen LogP contribution is 2.29. The molecule has 0 radical (unpaired) electrons. The monoisotopic (exact) mass is 183 g/mol. The van der Waals surface area contributed by atoms with Gasteiger partial charge in [0.15, 0.2) is 0 Å². The molecule has 1 aliphatic heterocycles. The summed E-state index contributed by atoms with van der Waals surface area (Å²) in [6, 6.07) is 1.19. The fraction of sp³-hybridized carbons (Fsp3) is 1.00. The predicted molar refractivity (Wildman–Crippen MR) is 53.8 cm³/mol. The fourth-order valence-electron chi connectivity index (χ4n) is 2.67. The third-order valence-electron chi connectivity index (χ3n) is 3.30. The smallest absolute Gasteiger partial charge is 0.0620 e. The molecule has 1 N–H and O–H groups in total. The summed E-state index contributed by atoms with van der Waals surface area (Å²) in [6.07, 6.45) is 7.14. The van der Waals surface area contributed by atoms with Gasteiger partial charge >= 0.3 is 0 Å². The van der Waals surface area contributed by atoms with Crippen LogP contribution in [0, 0.1) is 5.92 Å². The Labute approximate surface area is 81.0 Å². The van der Waals surface area contributed by atoms with Crippen molar-refractivity contribution >= 4 is 0 Å². The van der Waals surface area contributed by atoms with Crippen LogP contribution in [-0.2, 0) is 4.74 Å². The third kappa shape index (κ3) is 2.68. The first-order chi connectivity index (χ1) is 6.34. The Morgan fingerprint density at radius 1 is 1.23 bits per heavy atom. The molecule has 0 spiro atoms. The highest BCUT2D eigenvalue weighted by molar-refractivity contribution is 4.80. The van der Waals surface area contributed by atoms with Crippen LogP contribution in [0.3, 0.4) is 0 Å². The lowest BCUT2D eigenvalue weighted by molar-refractivity contribution is 0.0433. The Hall–Kier alpha value is -0.0800. The summed E-state index contributed by atoms with van der Waals surface area (Å²) in [7, 11) is 0. The van der Waals surface area contributed by atoms with Crippen LogP contribution in [-0.4, -0.2) is 25.3 Å². The second kappa shape index (κ2) is 4.43. The Balaban J connectivity index is 1.73. The van der Waals surface area contributed by atoms with Gasteiger partial charge in [-0.3, -0.25) is 0 Å². The number of morpholine rings is 1. The standard InChI is InChI=1S/C11H21NO/c1-9-7-13-8-11(12-9)6-10-4-2-3-5-10/h9-12H,2-8H2,1H3. The molecule has 2 unspecified atom stereocenters. The van der Waals surface area contributed by atoms with E-state index in [0.717, 1.165) is 19.1 Å². The quantitative estimate of drug-likeness (QED) is 0.706. The molecule has 1 aliphatic carbocycles. The average molecular weight is 183 g/mol. The van der Waals surface area contributed by atoms with Gasteiger partial charge in [0.25, 0.3) is 0 Å². The highest BCUT2D eigenvalue weighted by atomic mass is 16.5. The minimum absolute atomic E-state index is 0.556. The SMILES string of the molecule is CC1COCC(CC2CCCC2)N1. The zero-order valence-electron chi connectivity index (χ0n) is 8.59. The molecule has 1 saturated carbocycles. The first-order valence-corrected chi connectivity index (χ1v) is 5.68. The van der Waals surface area contributed by atoms with Crippen molar-refractivity contribution in [2.75, 3.05) is 13.2 Å². The zero-order valence-corrected chi connectivity index (χ0v) is 8.59. The Bertz CT molecular complexity index is 154. The number of ether oxygens (including phenoxy) is 1. The van der Waals surface area contributed by atoms with Crippen molar-refractivity contribution < 1.29 is 4.74 Å². The molecule has 76 valence electrons. The maximum absolute atomic E-state index is 5.54.